The van der Waals surface area contributed by atoms with Crippen LogP contribution in [0.4, 0.5) is 0 Å². The van der Waals surface area contributed by atoms with Crippen molar-refractivity contribution in [2.45, 2.75) is 6.54 Å². The SMILES string of the molecule is Cl.NNCc1cccc(Cl)c1. The minimum absolute atomic E-state index is 0. The first-order chi connectivity index (χ1) is 4.83. The molecule has 3 N–H and O–H groups in total. The summed E-state index contributed by atoms with van der Waals surface area (Å²) in [6.07, 6.45) is 0. The second-order valence-corrected chi connectivity index (χ2v) is 2.45. The van der Waals surface area contributed by atoms with Gasteiger partial charge in [-0.15, -0.1) is 12.4 Å². The van der Waals surface area contributed by atoms with E-state index in [0.717, 1.165) is 10.6 Å². The number of hydrazine groups is 1. The highest BCUT2D eigenvalue weighted by Gasteiger charge is 1.90. The van der Waals surface area contributed by atoms with Gasteiger partial charge in [-0.05, 0) is 17.7 Å². The van der Waals surface area contributed by atoms with E-state index in [2.05, 4.69) is 5.43 Å². The normalized spacial score (nSPS) is 8.91. The van der Waals surface area contributed by atoms with Crippen molar-refractivity contribution in [3.8, 4) is 0 Å². The molecule has 1 aromatic rings. The molecule has 0 bridgehead atoms. The molecule has 2 nitrogen and oxygen atoms in total. The number of hydrogen-bond donors (Lipinski definition) is 2. The van der Waals surface area contributed by atoms with Crippen molar-refractivity contribution in [1.82, 2.24) is 5.43 Å². The molecule has 0 amide bonds. The largest absolute Gasteiger partial charge is 0.271 e. The number of nitrogens with one attached hydrogen (secondary N) is 1. The van der Waals surface area contributed by atoms with Crippen molar-refractivity contribution in [1.29, 1.82) is 0 Å². The van der Waals surface area contributed by atoms with Crippen LogP contribution in [0.15, 0.2) is 24.3 Å². The van der Waals surface area contributed by atoms with Crippen molar-refractivity contribution in [3.05, 3.63) is 34.9 Å². The number of nitrogens with two attached hydrogens (primary N) is 1. The lowest BCUT2D eigenvalue weighted by Gasteiger charge is -1.98. The second-order valence-electron chi connectivity index (χ2n) is 2.01. The fraction of sp³-hybridized carbons (Fsp3) is 0.143. The van der Waals surface area contributed by atoms with E-state index in [-0.39, 0.29) is 12.4 Å². The molecule has 0 saturated heterocycles. The average molecular weight is 193 g/mol. The first-order valence-corrected chi connectivity index (χ1v) is 3.38. The van der Waals surface area contributed by atoms with Crippen molar-refractivity contribution < 1.29 is 0 Å². The van der Waals surface area contributed by atoms with Gasteiger partial charge in [-0.2, -0.15) is 0 Å². The Kier molecular flexibility index (Phi) is 5.24. The quantitative estimate of drug-likeness (QED) is 0.554. The maximum Gasteiger partial charge on any atom is 0.0409 e. The molecule has 0 aliphatic rings. The smallest absolute Gasteiger partial charge is 0.0409 e. The third kappa shape index (κ3) is 3.58. The van der Waals surface area contributed by atoms with Crippen LogP contribution >= 0.6 is 24.0 Å². The topological polar surface area (TPSA) is 38.0 Å². The first kappa shape index (κ1) is 10.7. The van der Waals surface area contributed by atoms with Crippen LogP contribution in [-0.2, 0) is 6.54 Å². The van der Waals surface area contributed by atoms with Crippen LogP contribution in [0.25, 0.3) is 0 Å². The predicted molar refractivity (Wildman–Crippen MR) is 49.7 cm³/mol. The summed E-state index contributed by atoms with van der Waals surface area (Å²) in [4.78, 5) is 0. The van der Waals surface area contributed by atoms with Gasteiger partial charge in [0.15, 0.2) is 0 Å². The molecule has 1 rings (SSSR count). The lowest BCUT2D eigenvalue weighted by molar-refractivity contribution is 0.741. The maximum absolute atomic E-state index is 5.71. The number of halogens is 2. The van der Waals surface area contributed by atoms with Gasteiger partial charge < -0.3 is 0 Å². The Balaban J connectivity index is 0.000001000. The zero-order valence-corrected chi connectivity index (χ0v) is 7.45. The summed E-state index contributed by atoms with van der Waals surface area (Å²) in [6.45, 7) is 0.653. The molecule has 0 spiro atoms. The molecule has 0 aliphatic carbocycles. The summed E-state index contributed by atoms with van der Waals surface area (Å²) in [5.74, 6) is 5.12. The van der Waals surface area contributed by atoms with Crippen LogP contribution in [-0.4, -0.2) is 0 Å². The predicted octanol–water partition coefficient (Wildman–Crippen LogP) is 1.73. The molecular weight excluding hydrogens is 183 g/mol. The Morgan fingerprint density at radius 2 is 2.18 bits per heavy atom. The fourth-order valence-electron chi connectivity index (χ4n) is 0.765. The molecule has 0 aromatic heterocycles. The highest BCUT2D eigenvalue weighted by molar-refractivity contribution is 6.30. The molecule has 0 fully saturated rings. The Morgan fingerprint density at radius 3 is 2.73 bits per heavy atom. The van der Waals surface area contributed by atoms with Gasteiger partial charge in [0.1, 0.15) is 0 Å². The minimum atomic E-state index is 0. The molecule has 0 heterocycles. The Morgan fingerprint density at radius 1 is 1.45 bits per heavy atom. The molecule has 0 radical (unpaired) electrons. The van der Waals surface area contributed by atoms with Gasteiger partial charge in [0, 0.05) is 11.6 Å². The highest BCUT2D eigenvalue weighted by Crippen LogP contribution is 2.09. The van der Waals surface area contributed by atoms with E-state index in [4.69, 9.17) is 17.4 Å². The van der Waals surface area contributed by atoms with Crippen molar-refractivity contribution in [2.24, 2.45) is 5.84 Å². The molecule has 4 heteroatoms. The third-order valence-electron chi connectivity index (χ3n) is 1.20. The molecule has 62 valence electrons. The third-order valence-corrected chi connectivity index (χ3v) is 1.43. The van der Waals surface area contributed by atoms with E-state index < -0.39 is 0 Å². The van der Waals surface area contributed by atoms with Gasteiger partial charge in [0.2, 0.25) is 0 Å². The molecule has 1 aromatic carbocycles. The van der Waals surface area contributed by atoms with Crippen LogP contribution in [0, 0.1) is 0 Å². The van der Waals surface area contributed by atoms with Gasteiger partial charge in [0.05, 0.1) is 0 Å². The van der Waals surface area contributed by atoms with Crippen LogP contribution in [0.2, 0.25) is 5.02 Å². The molecule has 11 heavy (non-hydrogen) atoms. The van der Waals surface area contributed by atoms with Crippen molar-refractivity contribution in [3.63, 3.8) is 0 Å². The molecule has 0 saturated carbocycles. The molecular formula is C7H10Cl2N2. The Labute approximate surface area is 77.1 Å². The Bertz CT molecular complexity index is 215. The van der Waals surface area contributed by atoms with Gasteiger partial charge in [0.25, 0.3) is 0 Å². The van der Waals surface area contributed by atoms with Crippen molar-refractivity contribution >= 4 is 24.0 Å². The van der Waals surface area contributed by atoms with E-state index >= 15 is 0 Å². The summed E-state index contributed by atoms with van der Waals surface area (Å²) in [6, 6.07) is 7.57. The molecule has 0 aliphatic heterocycles. The zero-order valence-electron chi connectivity index (χ0n) is 5.88. The van der Waals surface area contributed by atoms with E-state index in [0.29, 0.717) is 6.54 Å². The Hall–Kier alpha value is -0.280. The average Bonchev–Trinajstić information content (AvgIpc) is 1.88. The minimum Gasteiger partial charge on any atom is -0.271 e. The summed E-state index contributed by atoms with van der Waals surface area (Å²) in [5, 5.41) is 0.743. The summed E-state index contributed by atoms with van der Waals surface area (Å²) in [5.41, 5.74) is 3.65. The van der Waals surface area contributed by atoms with Gasteiger partial charge in [-0.3, -0.25) is 11.3 Å². The van der Waals surface area contributed by atoms with Gasteiger partial charge in [-0.1, -0.05) is 23.7 Å². The van der Waals surface area contributed by atoms with Gasteiger partial charge >= 0.3 is 0 Å². The monoisotopic (exact) mass is 192 g/mol. The van der Waals surface area contributed by atoms with E-state index in [1.54, 1.807) is 0 Å². The van der Waals surface area contributed by atoms with E-state index in [9.17, 15) is 0 Å². The summed E-state index contributed by atoms with van der Waals surface area (Å²) < 4.78 is 0. The van der Waals surface area contributed by atoms with Crippen molar-refractivity contribution in [2.75, 3.05) is 0 Å². The second kappa shape index (κ2) is 5.38. The standard InChI is InChI=1S/C7H9ClN2.ClH/c8-7-3-1-2-6(4-7)5-10-9;/h1-4,10H,5,9H2;1H. The van der Waals surface area contributed by atoms with Crippen LogP contribution in [0.1, 0.15) is 5.56 Å². The highest BCUT2D eigenvalue weighted by atomic mass is 35.5. The van der Waals surface area contributed by atoms with Gasteiger partial charge in [-0.25, -0.2) is 0 Å². The lowest BCUT2D eigenvalue weighted by Crippen LogP contribution is -2.20. The molecule has 0 unspecified atom stereocenters. The maximum atomic E-state index is 5.71. The van der Waals surface area contributed by atoms with Crippen LogP contribution in [0.3, 0.4) is 0 Å². The number of benzene rings is 1. The number of rotatable bonds is 2. The first-order valence-electron chi connectivity index (χ1n) is 3.01. The van der Waals surface area contributed by atoms with E-state index in [1.165, 1.54) is 0 Å². The fourth-order valence-corrected chi connectivity index (χ4v) is 0.978. The van der Waals surface area contributed by atoms with Crippen LogP contribution < -0.4 is 11.3 Å². The molecule has 0 atom stereocenters. The summed E-state index contributed by atoms with van der Waals surface area (Å²) in [7, 11) is 0. The lowest BCUT2D eigenvalue weighted by atomic mass is 10.2. The van der Waals surface area contributed by atoms with Crippen LogP contribution in [0.5, 0.6) is 0 Å². The number of hydrogen-bond acceptors (Lipinski definition) is 2. The van der Waals surface area contributed by atoms with E-state index in [1.807, 2.05) is 24.3 Å². The zero-order chi connectivity index (χ0) is 7.40. The summed E-state index contributed by atoms with van der Waals surface area (Å²) >= 11 is 5.71.